The van der Waals surface area contributed by atoms with E-state index in [1.807, 2.05) is 0 Å². The molecule has 0 aliphatic heterocycles. The molecule has 0 heterocycles. The van der Waals surface area contributed by atoms with Crippen LogP contribution in [0.25, 0.3) is 0 Å². The van der Waals surface area contributed by atoms with Gasteiger partial charge in [0, 0.05) is 5.66 Å². The van der Waals surface area contributed by atoms with E-state index >= 15 is 0 Å². The molecule has 0 aromatic heterocycles. The van der Waals surface area contributed by atoms with Gasteiger partial charge in [-0.15, -0.1) is 0 Å². The van der Waals surface area contributed by atoms with Gasteiger partial charge in [0.1, 0.15) is 0 Å². The minimum Gasteiger partial charge on any atom is -0.687 e. The zero-order valence-corrected chi connectivity index (χ0v) is 9.20. The van der Waals surface area contributed by atoms with Crippen LogP contribution in [0.2, 0.25) is 0 Å². The molecular formula is C4H9O3PSn. The second kappa shape index (κ2) is 4.85. The quantitative estimate of drug-likeness (QED) is 0.433. The molecule has 5 heteroatoms. The minimum absolute atomic E-state index is 0. The molecule has 0 saturated heterocycles. The van der Waals surface area contributed by atoms with E-state index in [9.17, 15) is 14.7 Å². The summed E-state index contributed by atoms with van der Waals surface area (Å²) in [7, 11) is -4.26. The average molecular weight is 255 g/mol. The van der Waals surface area contributed by atoms with E-state index in [0.29, 0.717) is 6.42 Å². The van der Waals surface area contributed by atoms with Gasteiger partial charge >= 0.3 is 23.9 Å². The minimum atomic E-state index is -4.26. The molecule has 0 amide bonds. The van der Waals surface area contributed by atoms with Gasteiger partial charge in [0.25, 0.3) is 0 Å². The first-order valence-electron chi connectivity index (χ1n) is 2.50. The zero-order chi connectivity index (χ0) is 6.78. The predicted molar refractivity (Wildman–Crippen MR) is 32.4 cm³/mol. The predicted octanol–water partition coefficient (Wildman–Crippen LogP) is -1.75. The Hall–Kier alpha value is 1.11. The van der Waals surface area contributed by atoms with Gasteiger partial charge < -0.3 is 14.7 Å². The Labute approximate surface area is 72.6 Å². The molecular weight excluding hydrogens is 246 g/mol. The molecule has 0 spiro atoms. The summed E-state index contributed by atoms with van der Waals surface area (Å²) in [6.07, 6.45) is 0.407. The van der Waals surface area contributed by atoms with E-state index < -0.39 is 13.6 Å². The Bertz CT molecular complexity index is 72.7. The normalized spacial score (nSPS) is 14.3. The van der Waals surface area contributed by atoms with E-state index in [1.54, 1.807) is 6.92 Å². The van der Waals surface area contributed by atoms with Crippen molar-refractivity contribution in [1.29, 1.82) is 0 Å². The number of rotatable bonds is 2. The smallest absolute Gasteiger partial charge is 0.687 e. The van der Waals surface area contributed by atoms with Crippen molar-refractivity contribution in [2.75, 3.05) is 0 Å². The van der Waals surface area contributed by atoms with E-state index in [-0.39, 0.29) is 23.9 Å². The molecule has 0 bridgehead atoms. The Morgan fingerprint density at radius 1 is 1.33 bits per heavy atom. The molecule has 2 radical (unpaired) electrons. The summed E-state index contributed by atoms with van der Waals surface area (Å²) >= 11 is 0. The van der Waals surface area contributed by atoms with Crippen molar-refractivity contribution in [3.8, 4) is 0 Å². The summed E-state index contributed by atoms with van der Waals surface area (Å²) in [5.74, 6) is 0. The maximum absolute atomic E-state index is 10.0. The molecule has 1 atom stereocenters. The van der Waals surface area contributed by atoms with Crippen LogP contribution in [0.1, 0.15) is 20.3 Å². The largest absolute Gasteiger partial charge is 2.00 e. The Kier molecular flexibility index (Phi) is 6.88. The Morgan fingerprint density at radius 3 is 1.67 bits per heavy atom. The fourth-order valence-corrected chi connectivity index (χ4v) is 0.671. The summed E-state index contributed by atoms with van der Waals surface area (Å²) in [5.41, 5.74) is -0.706. The summed E-state index contributed by atoms with van der Waals surface area (Å²) < 4.78 is 0. The van der Waals surface area contributed by atoms with Gasteiger partial charge in [-0.3, -0.25) is 0 Å². The van der Waals surface area contributed by atoms with Gasteiger partial charge in [0.2, 0.25) is 0 Å². The zero-order valence-electron chi connectivity index (χ0n) is 5.46. The second-order valence-corrected chi connectivity index (χ2v) is 3.76. The summed E-state index contributed by atoms with van der Waals surface area (Å²) in [6, 6.07) is 0. The molecule has 0 saturated carbocycles. The molecule has 52 valence electrons. The maximum Gasteiger partial charge on any atom is 2.00 e. The molecule has 3 nitrogen and oxygen atoms in total. The van der Waals surface area contributed by atoms with Crippen LogP contribution in [0.5, 0.6) is 0 Å². The van der Waals surface area contributed by atoms with Crippen LogP contribution < -0.4 is 14.7 Å². The Balaban J connectivity index is 0. The molecule has 9 heavy (non-hydrogen) atoms. The topological polar surface area (TPSA) is 69.2 Å². The molecule has 0 fully saturated rings. The van der Waals surface area contributed by atoms with Crippen LogP contribution >= 0.6 is 7.94 Å². The van der Waals surface area contributed by atoms with Crippen molar-refractivity contribution >= 4 is 31.9 Å². The second-order valence-electron chi connectivity index (χ2n) is 1.80. The molecule has 0 N–H and O–H groups in total. The molecule has 1 unspecified atom stereocenters. The van der Waals surface area contributed by atoms with Crippen LogP contribution in [-0.4, -0.2) is 29.6 Å². The van der Waals surface area contributed by atoms with Crippen molar-refractivity contribution < 1.29 is 14.7 Å². The van der Waals surface area contributed by atoms with Crippen LogP contribution in [0.15, 0.2) is 0 Å². The van der Waals surface area contributed by atoms with Crippen LogP contribution in [0, 0.1) is 0 Å². The van der Waals surface area contributed by atoms with E-state index in [1.165, 1.54) is 6.92 Å². The summed E-state index contributed by atoms with van der Waals surface area (Å²) in [5, 5.41) is 0. The first-order chi connectivity index (χ1) is 3.48. The van der Waals surface area contributed by atoms with E-state index in [2.05, 4.69) is 0 Å². The van der Waals surface area contributed by atoms with Crippen molar-refractivity contribution in [2.24, 2.45) is 0 Å². The first kappa shape index (κ1) is 12.8. The molecule has 0 rings (SSSR count). The monoisotopic (exact) mass is 256 g/mol. The maximum atomic E-state index is 10.0. The van der Waals surface area contributed by atoms with Gasteiger partial charge in [-0.1, -0.05) is 6.92 Å². The summed E-state index contributed by atoms with van der Waals surface area (Å²) in [4.78, 5) is 30.1. The van der Waals surface area contributed by atoms with Gasteiger partial charge in [-0.25, -0.2) is 0 Å². The van der Waals surface area contributed by atoms with Crippen LogP contribution in [0.4, 0.5) is 0 Å². The third-order valence-electron chi connectivity index (χ3n) is 1.13. The molecule has 0 aromatic carbocycles. The third kappa shape index (κ3) is 5.55. The molecule has 0 aliphatic rings. The van der Waals surface area contributed by atoms with Crippen molar-refractivity contribution in [1.82, 2.24) is 0 Å². The molecule has 0 aliphatic carbocycles. The van der Waals surface area contributed by atoms with Crippen molar-refractivity contribution in [2.45, 2.75) is 25.9 Å². The fraction of sp³-hybridized carbons (Fsp3) is 1.00. The van der Waals surface area contributed by atoms with Crippen LogP contribution in [0.3, 0.4) is 0 Å². The van der Waals surface area contributed by atoms with Gasteiger partial charge in [0.05, 0.1) is 0 Å². The first-order valence-corrected chi connectivity index (χ1v) is 4.11. The molecule has 0 aromatic rings. The SMILES string of the molecule is CCC(C)[P+]([O-])([O-])[O-].[Sn+2]. The van der Waals surface area contributed by atoms with E-state index in [4.69, 9.17) is 0 Å². The fourth-order valence-electron chi connectivity index (χ4n) is 0.224. The number of hydrogen-bond donors (Lipinski definition) is 0. The average Bonchev–Trinajstić information content (AvgIpc) is 1.62. The third-order valence-corrected chi connectivity index (χ3v) is 2.58. The summed E-state index contributed by atoms with van der Waals surface area (Å²) in [6.45, 7) is 3.09. The van der Waals surface area contributed by atoms with E-state index in [0.717, 1.165) is 0 Å². The van der Waals surface area contributed by atoms with Gasteiger partial charge in [0.15, 0.2) is 0 Å². The van der Waals surface area contributed by atoms with Crippen molar-refractivity contribution in [3.63, 3.8) is 0 Å². The standard InChI is InChI=1S/C4H11O3P.Sn/c1-3-4(2)8(5,6)7;/h4H,3H2,1-2H3,(H2,5,6,7);/q;+2/p-2. The Morgan fingerprint density at radius 2 is 1.67 bits per heavy atom. The van der Waals surface area contributed by atoms with Gasteiger partial charge in [-0.05, 0) is 13.3 Å². The number of hydrogen-bond acceptors (Lipinski definition) is 3. The van der Waals surface area contributed by atoms with Crippen molar-refractivity contribution in [3.05, 3.63) is 0 Å². The van der Waals surface area contributed by atoms with Gasteiger partial charge in [-0.2, -0.15) is 7.94 Å². The van der Waals surface area contributed by atoms with Crippen LogP contribution in [-0.2, 0) is 0 Å².